The number of hydrogen-bond acceptors (Lipinski definition) is 1. The van der Waals surface area contributed by atoms with Crippen LogP contribution in [0.2, 0.25) is 0 Å². The van der Waals surface area contributed by atoms with Gasteiger partial charge < -0.3 is 5.11 Å². The fraction of sp³-hybridized carbons (Fsp3) is 0.333. The molecule has 0 aromatic carbocycles. The molecule has 1 N–H and O–H groups in total. The summed E-state index contributed by atoms with van der Waals surface area (Å²) in [5.74, 6) is -1.33. The van der Waals surface area contributed by atoms with Gasteiger partial charge in [-0.05, 0) is 11.6 Å². The maximum Gasteiger partial charge on any atom is 0.223 e. The van der Waals surface area contributed by atoms with E-state index < -0.39 is 17.7 Å². The molecule has 4 heteroatoms. The van der Waals surface area contributed by atoms with E-state index in [1.54, 1.807) is 0 Å². The lowest BCUT2D eigenvalue weighted by Gasteiger charge is -1.83. The summed E-state index contributed by atoms with van der Waals surface area (Å²) in [6, 6.07) is 0. The van der Waals surface area contributed by atoms with Gasteiger partial charge in [-0.1, -0.05) is 0 Å². The minimum absolute atomic E-state index is 0.977. The monoisotopic (exact) mass is 128 g/mol. The highest BCUT2D eigenvalue weighted by molar-refractivity contribution is 6.28. The van der Waals surface area contributed by atoms with Gasteiger partial charge in [0.15, 0.2) is 5.83 Å². The molecule has 0 unspecified atom stereocenters. The smallest absolute Gasteiger partial charge is 0.223 e. The Morgan fingerprint density at radius 3 is 2.00 bits per heavy atom. The zero-order chi connectivity index (χ0) is 5.86. The SMILES string of the molecule is OC/C(F)=C(/F)Cl. The summed E-state index contributed by atoms with van der Waals surface area (Å²) < 4.78 is 22.6. The van der Waals surface area contributed by atoms with Crippen LogP contribution >= 0.6 is 11.6 Å². The number of hydrogen-bond donors (Lipinski definition) is 1. The predicted molar refractivity (Wildman–Crippen MR) is 22.2 cm³/mol. The molecule has 0 aliphatic heterocycles. The van der Waals surface area contributed by atoms with Crippen molar-refractivity contribution in [2.45, 2.75) is 0 Å². The first-order valence-corrected chi connectivity index (χ1v) is 1.86. The van der Waals surface area contributed by atoms with E-state index in [1.165, 1.54) is 0 Å². The quantitative estimate of drug-likeness (QED) is 0.565. The molecule has 0 amide bonds. The van der Waals surface area contributed by atoms with Gasteiger partial charge in [-0.3, -0.25) is 0 Å². The van der Waals surface area contributed by atoms with Crippen molar-refractivity contribution in [1.29, 1.82) is 0 Å². The number of rotatable bonds is 1. The van der Waals surface area contributed by atoms with Gasteiger partial charge in [0.2, 0.25) is 5.29 Å². The Morgan fingerprint density at radius 2 is 2.00 bits per heavy atom. The molecule has 0 aromatic rings. The van der Waals surface area contributed by atoms with Crippen molar-refractivity contribution in [2.24, 2.45) is 0 Å². The average Bonchev–Trinajstić information content (AvgIpc) is 1.65. The van der Waals surface area contributed by atoms with Crippen LogP contribution in [0, 0.1) is 0 Å². The molecular formula is C3H3ClF2O. The van der Waals surface area contributed by atoms with E-state index in [2.05, 4.69) is 11.6 Å². The number of aliphatic hydroxyl groups is 1. The molecule has 0 heterocycles. The lowest BCUT2D eigenvalue weighted by molar-refractivity contribution is 0.292. The van der Waals surface area contributed by atoms with Crippen molar-refractivity contribution in [1.82, 2.24) is 0 Å². The molecule has 7 heavy (non-hydrogen) atoms. The summed E-state index contributed by atoms with van der Waals surface area (Å²) in [5.41, 5.74) is 0. The van der Waals surface area contributed by atoms with Crippen molar-refractivity contribution in [3.05, 3.63) is 11.1 Å². The first-order valence-electron chi connectivity index (χ1n) is 1.49. The summed E-state index contributed by atoms with van der Waals surface area (Å²) in [6.07, 6.45) is 0. The van der Waals surface area contributed by atoms with E-state index in [1.807, 2.05) is 0 Å². The molecular weight excluding hydrogens is 125 g/mol. The van der Waals surface area contributed by atoms with Crippen molar-refractivity contribution in [3.8, 4) is 0 Å². The van der Waals surface area contributed by atoms with Crippen LogP contribution in [0.1, 0.15) is 0 Å². The molecule has 0 bridgehead atoms. The van der Waals surface area contributed by atoms with Crippen molar-refractivity contribution >= 4 is 11.6 Å². The second-order valence-electron chi connectivity index (χ2n) is 0.823. The van der Waals surface area contributed by atoms with Gasteiger partial charge in [0.05, 0.1) is 6.61 Å². The number of aliphatic hydroxyl groups excluding tert-OH is 1. The maximum atomic E-state index is 11.4. The van der Waals surface area contributed by atoms with Gasteiger partial charge in [0, 0.05) is 0 Å². The van der Waals surface area contributed by atoms with Crippen LogP contribution < -0.4 is 0 Å². The molecule has 1 nitrogen and oxygen atoms in total. The lowest BCUT2D eigenvalue weighted by Crippen LogP contribution is -1.80. The Bertz CT molecular complexity index is 86.9. The van der Waals surface area contributed by atoms with Crippen LogP contribution in [0.4, 0.5) is 8.78 Å². The highest BCUT2D eigenvalue weighted by Crippen LogP contribution is 2.09. The van der Waals surface area contributed by atoms with E-state index in [4.69, 9.17) is 5.11 Å². The van der Waals surface area contributed by atoms with Gasteiger partial charge in [-0.2, -0.15) is 4.39 Å². The minimum Gasteiger partial charge on any atom is -0.389 e. The summed E-state index contributed by atoms with van der Waals surface area (Å²) in [7, 11) is 0. The van der Waals surface area contributed by atoms with Crippen LogP contribution in [0.3, 0.4) is 0 Å². The molecule has 0 atom stereocenters. The van der Waals surface area contributed by atoms with E-state index in [0.717, 1.165) is 0 Å². The zero-order valence-electron chi connectivity index (χ0n) is 3.29. The Labute approximate surface area is 44.2 Å². The average molecular weight is 129 g/mol. The molecule has 0 aliphatic carbocycles. The van der Waals surface area contributed by atoms with Crippen LogP contribution in [0.15, 0.2) is 11.1 Å². The molecule has 0 rings (SSSR count). The highest BCUT2D eigenvalue weighted by Gasteiger charge is 1.97. The third-order valence-corrected chi connectivity index (χ3v) is 0.549. The Hall–Kier alpha value is -0.150. The Balaban J connectivity index is 3.72. The van der Waals surface area contributed by atoms with Gasteiger partial charge in [0.1, 0.15) is 0 Å². The standard InChI is InChI=1S/C3H3ClF2O/c4-3(6)2(5)1-7/h7H,1H2/b3-2-. The molecule has 0 radical (unpaired) electrons. The Kier molecular flexibility index (Phi) is 2.87. The highest BCUT2D eigenvalue weighted by atomic mass is 35.5. The summed E-state index contributed by atoms with van der Waals surface area (Å²) in [6.45, 7) is -0.977. The van der Waals surface area contributed by atoms with E-state index in [9.17, 15) is 8.78 Å². The van der Waals surface area contributed by atoms with Gasteiger partial charge >= 0.3 is 0 Å². The van der Waals surface area contributed by atoms with E-state index >= 15 is 0 Å². The van der Waals surface area contributed by atoms with Crippen molar-refractivity contribution in [2.75, 3.05) is 6.61 Å². The molecule has 0 aromatic heterocycles. The van der Waals surface area contributed by atoms with Crippen LogP contribution in [0.5, 0.6) is 0 Å². The first-order chi connectivity index (χ1) is 3.18. The summed E-state index contributed by atoms with van der Waals surface area (Å²) in [4.78, 5) is 0. The fourth-order valence-electron chi connectivity index (χ4n) is 0.0598. The zero-order valence-corrected chi connectivity index (χ0v) is 4.04. The Morgan fingerprint density at radius 1 is 1.57 bits per heavy atom. The normalized spacial score (nSPS) is 13.7. The largest absolute Gasteiger partial charge is 0.389 e. The predicted octanol–water partition coefficient (Wildman–Crippen LogP) is 1.33. The molecule has 0 fully saturated rings. The van der Waals surface area contributed by atoms with Crippen molar-refractivity contribution in [3.63, 3.8) is 0 Å². The molecule has 0 spiro atoms. The second-order valence-corrected chi connectivity index (χ2v) is 1.16. The maximum absolute atomic E-state index is 11.4. The van der Waals surface area contributed by atoms with Crippen LogP contribution in [0.25, 0.3) is 0 Å². The van der Waals surface area contributed by atoms with Crippen LogP contribution in [-0.2, 0) is 0 Å². The lowest BCUT2D eigenvalue weighted by atomic mass is 10.6. The number of halogens is 3. The van der Waals surface area contributed by atoms with E-state index in [0.29, 0.717) is 0 Å². The molecule has 0 saturated heterocycles. The third-order valence-electron chi connectivity index (χ3n) is 0.344. The van der Waals surface area contributed by atoms with Gasteiger partial charge in [-0.15, -0.1) is 0 Å². The van der Waals surface area contributed by atoms with Crippen LogP contribution in [-0.4, -0.2) is 11.7 Å². The molecule has 0 aliphatic rings. The second kappa shape index (κ2) is 2.93. The summed E-state index contributed by atoms with van der Waals surface area (Å²) >= 11 is 4.41. The van der Waals surface area contributed by atoms with E-state index in [-0.39, 0.29) is 0 Å². The van der Waals surface area contributed by atoms with Gasteiger partial charge in [0.25, 0.3) is 0 Å². The van der Waals surface area contributed by atoms with Crippen molar-refractivity contribution < 1.29 is 13.9 Å². The topological polar surface area (TPSA) is 20.2 Å². The minimum atomic E-state index is -1.48. The molecule has 42 valence electrons. The summed E-state index contributed by atoms with van der Waals surface area (Å²) in [5, 5.41) is 6.26. The molecule has 0 saturated carbocycles. The third kappa shape index (κ3) is 2.53. The first kappa shape index (κ1) is 6.85. The van der Waals surface area contributed by atoms with Gasteiger partial charge in [-0.25, -0.2) is 4.39 Å². The fourth-order valence-corrected chi connectivity index (χ4v) is 0.120.